The van der Waals surface area contributed by atoms with E-state index in [0.29, 0.717) is 11.7 Å². The molecule has 2 heterocycles. The standard InChI is InChI=1S/C22H21F2N3O2/c1-22(2,3)15-6-4-13(5-7-15)20-25-21(29-26-20)14-10-19(28)27(12-14)18-9-8-16(23)11-17(18)24/h4-9,11,14H,10,12H2,1-3H3. The first-order valence-electron chi connectivity index (χ1n) is 9.42. The molecule has 3 aromatic rings. The van der Waals surface area contributed by atoms with Crippen molar-refractivity contribution in [1.82, 2.24) is 10.1 Å². The molecule has 0 aliphatic carbocycles. The highest BCUT2D eigenvalue weighted by molar-refractivity contribution is 5.96. The fraction of sp³-hybridized carbons (Fsp3) is 0.318. The van der Waals surface area contributed by atoms with Crippen LogP contribution in [0.1, 0.15) is 44.6 Å². The number of carbonyl (C=O) groups is 1. The minimum atomic E-state index is -0.774. The molecule has 1 aromatic heterocycles. The van der Waals surface area contributed by atoms with E-state index in [1.165, 1.54) is 16.5 Å². The van der Waals surface area contributed by atoms with Crippen molar-refractivity contribution in [3.63, 3.8) is 0 Å². The number of amides is 1. The van der Waals surface area contributed by atoms with Crippen LogP contribution in [-0.4, -0.2) is 22.6 Å². The molecule has 150 valence electrons. The summed E-state index contributed by atoms with van der Waals surface area (Å²) in [5.74, 6) is -1.30. The molecule has 5 nitrogen and oxygen atoms in total. The van der Waals surface area contributed by atoms with Gasteiger partial charge in [-0.15, -0.1) is 0 Å². The third-order valence-corrected chi connectivity index (χ3v) is 5.13. The van der Waals surface area contributed by atoms with Gasteiger partial charge in [-0.3, -0.25) is 4.79 Å². The molecule has 0 saturated carbocycles. The van der Waals surface area contributed by atoms with Crippen LogP contribution in [0.25, 0.3) is 11.4 Å². The monoisotopic (exact) mass is 397 g/mol. The molecule has 29 heavy (non-hydrogen) atoms. The number of benzene rings is 2. The lowest BCUT2D eigenvalue weighted by molar-refractivity contribution is -0.117. The van der Waals surface area contributed by atoms with Gasteiger partial charge >= 0.3 is 0 Å². The minimum Gasteiger partial charge on any atom is -0.339 e. The lowest BCUT2D eigenvalue weighted by Gasteiger charge is -2.18. The summed E-state index contributed by atoms with van der Waals surface area (Å²) in [5.41, 5.74) is 2.11. The number of rotatable bonds is 3. The summed E-state index contributed by atoms with van der Waals surface area (Å²) in [6.45, 7) is 6.62. The highest BCUT2D eigenvalue weighted by atomic mass is 19.1. The SMILES string of the molecule is CC(C)(C)c1ccc(-c2noc(C3CC(=O)N(c4ccc(F)cc4F)C3)n2)cc1. The Morgan fingerprint density at radius 3 is 2.48 bits per heavy atom. The molecule has 0 spiro atoms. The van der Waals surface area contributed by atoms with Crippen molar-refractivity contribution in [2.75, 3.05) is 11.4 Å². The molecule has 1 atom stereocenters. The zero-order valence-electron chi connectivity index (χ0n) is 16.4. The first-order chi connectivity index (χ1) is 13.7. The lowest BCUT2D eigenvalue weighted by Crippen LogP contribution is -2.25. The van der Waals surface area contributed by atoms with Gasteiger partial charge in [0.05, 0.1) is 11.6 Å². The highest BCUT2D eigenvalue weighted by Crippen LogP contribution is 2.33. The Morgan fingerprint density at radius 2 is 1.83 bits per heavy atom. The first kappa shape index (κ1) is 19.2. The predicted octanol–water partition coefficient (Wildman–Crippen LogP) is 4.83. The first-order valence-corrected chi connectivity index (χ1v) is 9.42. The smallest absolute Gasteiger partial charge is 0.232 e. The van der Waals surface area contributed by atoms with E-state index >= 15 is 0 Å². The number of halogens is 2. The van der Waals surface area contributed by atoms with Gasteiger partial charge in [-0.2, -0.15) is 4.98 Å². The number of carbonyl (C=O) groups excluding carboxylic acids is 1. The molecule has 1 unspecified atom stereocenters. The van der Waals surface area contributed by atoms with Gasteiger partial charge in [0.25, 0.3) is 0 Å². The van der Waals surface area contributed by atoms with Crippen molar-refractivity contribution >= 4 is 11.6 Å². The van der Waals surface area contributed by atoms with Gasteiger partial charge in [-0.25, -0.2) is 8.78 Å². The van der Waals surface area contributed by atoms with Crippen molar-refractivity contribution < 1.29 is 18.1 Å². The normalized spacial score (nSPS) is 17.2. The van der Waals surface area contributed by atoms with Crippen LogP contribution in [0.3, 0.4) is 0 Å². The maximum Gasteiger partial charge on any atom is 0.232 e. The summed E-state index contributed by atoms with van der Waals surface area (Å²) in [7, 11) is 0. The maximum atomic E-state index is 14.1. The maximum absolute atomic E-state index is 14.1. The Kier molecular flexibility index (Phi) is 4.68. The van der Waals surface area contributed by atoms with E-state index in [-0.39, 0.29) is 35.9 Å². The number of nitrogens with zero attached hydrogens (tertiary/aromatic N) is 3. The van der Waals surface area contributed by atoms with Crippen LogP contribution < -0.4 is 4.90 Å². The van der Waals surface area contributed by atoms with E-state index in [9.17, 15) is 13.6 Å². The van der Waals surface area contributed by atoms with Crippen molar-refractivity contribution in [1.29, 1.82) is 0 Å². The molecule has 1 aliphatic rings. The average Bonchev–Trinajstić information content (AvgIpc) is 3.28. The van der Waals surface area contributed by atoms with Crippen LogP contribution in [0.2, 0.25) is 0 Å². The quantitative estimate of drug-likeness (QED) is 0.635. The van der Waals surface area contributed by atoms with E-state index in [1.54, 1.807) is 0 Å². The Bertz CT molecular complexity index is 1050. The number of hydrogen-bond donors (Lipinski definition) is 0. The van der Waals surface area contributed by atoms with Crippen LogP contribution in [0.5, 0.6) is 0 Å². The van der Waals surface area contributed by atoms with Gasteiger partial charge in [-0.1, -0.05) is 50.2 Å². The summed E-state index contributed by atoms with van der Waals surface area (Å²) in [6.07, 6.45) is 0.126. The second kappa shape index (κ2) is 7.06. The Hall–Kier alpha value is -3.09. The van der Waals surface area contributed by atoms with Crippen LogP contribution in [0.15, 0.2) is 47.0 Å². The summed E-state index contributed by atoms with van der Waals surface area (Å²) in [4.78, 5) is 18.1. The molecule has 1 fully saturated rings. The summed E-state index contributed by atoms with van der Waals surface area (Å²) in [5, 5.41) is 4.04. The topological polar surface area (TPSA) is 59.2 Å². The molecular formula is C22H21F2N3O2. The van der Waals surface area contributed by atoms with Crippen LogP contribution >= 0.6 is 0 Å². The molecule has 2 aromatic carbocycles. The molecule has 4 rings (SSSR count). The van der Waals surface area contributed by atoms with Crippen LogP contribution in [0.4, 0.5) is 14.5 Å². The molecule has 0 radical (unpaired) electrons. The summed E-state index contributed by atoms with van der Waals surface area (Å²) in [6, 6.07) is 11.1. The van der Waals surface area contributed by atoms with E-state index in [4.69, 9.17) is 4.52 Å². The summed E-state index contributed by atoms with van der Waals surface area (Å²) >= 11 is 0. The molecule has 1 amide bonds. The van der Waals surface area contributed by atoms with E-state index in [2.05, 4.69) is 30.9 Å². The Morgan fingerprint density at radius 1 is 1.10 bits per heavy atom. The second-order valence-electron chi connectivity index (χ2n) is 8.28. The fourth-order valence-corrected chi connectivity index (χ4v) is 3.44. The van der Waals surface area contributed by atoms with Gasteiger partial charge in [-0.05, 0) is 23.1 Å². The van der Waals surface area contributed by atoms with Crippen molar-refractivity contribution in [2.45, 2.75) is 38.5 Å². The van der Waals surface area contributed by atoms with Gasteiger partial charge in [0.1, 0.15) is 11.6 Å². The van der Waals surface area contributed by atoms with Crippen molar-refractivity contribution in [3.8, 4) is 11.4 Å². The number of hydrogen-bond acceptors (Lipinski definition) is 4. The van der Waals surface area contributed by atoms with Gasteiger partial charge < -0.3 is 9.42 Å². The number of aromatic nitrogens is 2. The van der Waals surface area contributed by atoms with Gasteiger partial charge in [0.2, 0.25) is 17.6 Å². The second-order valence-corrected chi connectivity index (χ2v) is 8.28. The van der Waals surface area contributed by atoms with Crippen LogP contribution in [-0.2, 0) is 10.2 Å². The van der Waals surface area contributed by atoms with E-state index in [0.717, 1.165) is 17.7 Å². The van der Waals surface area contributed by atoms with E-state index < -0.39 is 11.6 Å². The van der Waals surface area contributed by atoms with Gasteiger partial charge in [0, 0.05) is 24.6 Å². The molecular weight excluding hydrogens is 376 g/mol. The number of anilines is 1. The minimum absolute atomic E-state index is 0.0459. The third kappa shape index (κ3) is 3.77. The lowest BCUT2D eigenvalue weighted by atomic mass is 9.87. The van der Waals surface area contributed by atoms with E-state index in [1.807, 2.05) is 24.3 Å². The molecule has 0 N–H and O–H groups in total. The Balaban J connectivity index is 1.53. The molecule has 1 saturated heterocycles. The molecule has 7 heteroatoms. The molecule has 0 bridgehead atoms. The van der Waals surface area contributed by atoms with Crippen molar-refractivity contribution in [3.05, 3.63) is 65.6 Å². The average molecular weight is 397 g/mol. The molecule has 1 aliphatic heterocycles. The highest BCUT2D eigenvalue weighted by Gasteiger charge is 2.36. The predicted molar refractivity (Wildman–Crippen MR) is 105 cm³/mol. The van der Waals surface area contributed by atoms with Gasteiger partial charge in [0.15, 0.2) is 0 Å². The third-order valence-electron chi connectivity index (χ3n) is 5.13. The zero-order chi connectivity index (χ0) is 20.8. The van der Waals surface area contributed by atoms with Crippen LogP contribution in [0, 0.1) is 11.6 Å². The fourth-order valence-electron chi connectivity index (χ4n) is 3.44. The summed E-state index contributed by atoms with van der Waals surface area (Å²) < 4.78 is 32.6. The zero-order valence-corrected chi connectivity index (χ0v) is 16.4. The van der Waals surface area contributed by atoms with Crippen molar-refractivity contribution in [2.24, 2.45) is 0 Å². The Labute approximate surface area is 167 Å². The largest absolute Gasteiger partial charge is 0.339 e.